The molecule has 0 saturated heterocycles. The number of nitrogens with zero attached hydrogens (tertiary/aromatic N) is 2. The number of rotatable bonds is 8. The molecule has 6 heteroatoms. The second kappa shape index (κ2) is 10.1. The number of hydrogen-bond acceptors (Lipinski definition) is 5. The van der Waals surface area contributed by atoms with Gasteiger partial charge in [-0.3, -0.25) is 0 Å². The van der Waals surface area contributed by atoms with E-state index in [1.807, 2.05) is 42.6 Å². The molecule has 1 heterocycles. The van der Waals surface area contributed by atoms with Crippen LogP contribution in [0.3, 0.4) is 0 Å². The summed E-state index contributed by atoms with van der Waals surface area (Å²) in [6, 6.07) is 23.3. The maximum Gasteiger partial charge on any atom is 0.227 e. The summed E-state index contributed by atoms with van der Waals surface area (Å²) in [5, 5.41) is 6.70. The van der Waals surface area contributed by atoms with E-state index < -0.39 is 0 Å². The molecule has 0 fully saturated rings. The van der Waals surface area contributed by atoms with Crippen LogP contribution in [0.5, 0.6) is 0 Å². The van der Waals surface area contributed by atoms with Crippen LogP contribution < -0.4 is 10.6 Å². The van der Waals surface area contributed by atoms with E-state index in [4.69, 9.17) is 9.72 Å². The van der Waals surface area contributed by atoms with Crippen LogP contribution in [0.25, 0.3) is 11.3 Å². The highest BCUT2D eigenvalue weighted by Crippen LogP contribution is 2.42. The molecule has 1 aliphatic carbocycles. The number of ether oxygens (including phenoxy) is 1. The SMILES string of the molecule is COCCNCc1cccc(Nc2ncc3c(n2)-c2ccccc2C(c2ccccc2F)C3)c1. The van der Waals surface area contributed by atoms with E-state index in [1.54, 1.807) is 13.2 Å². The molecule has 0 saturated carbocycles. The molecule has 1 aromatic heterocycles. The average molecular weight is 455 g/mol. The Morgan fingerprint density at radius 3 is 2.68 bits per heavy atom. The Morgan fingerprint density at radius 1 is 1.00 bits per heavy atom. The molecule has 3 aromatic carbocycles. The van der Waals surface area contributed by atoms with Crippen LogP contribution in [0.1, 0.15) is 28.2 Å². The molecule has 4 aromatic rings. The number of benzene rings is 3. The van der Waals surface area contributed by atoms with E-state index in [1.165, 1.54) is 6.07 Å². The zero-order valence-corrected chi connectivity index (χ0v) is 19.1. The van der Waals surface area contributed by atoms with Crippen molar-refractivity contribution in [3.05, 3.63) is 107 Å². The third-order valence-corrected chi connectivity index (χ3v) is 6.16. The first kappa shape index (κ1) is 22.2. The molecule has 0 spiro atoms. The smallest absolute Gasteiger partial charge is 0.227 e. The molecule has 0 bridgehead atoms. The number of methoxy groups -OCH3 is 1. The summed E-state index contributed by atoms with van der Waals surface area (Å²) in [5.41, 5.74) is 6.84. The molecule has 1 unspecified atom stereocenters. The fraction of sp³-hybridized carbons (Fsp3) is 0.214. The van der Waals surface area contributed by atoms with Gasteiger partial charge in [0.05, 0.1) is 12.3 Å². The summed E-state index contributed by atoms with van der Waals surface area (Å²) in [6.07, 6.45) is 2.53. The molecule has 1 atom stereocenters. The normalized spacial score (nSPS) is 14.4. The first-order chi connectivity index (χ1) is 16.7. The summed E-state index contributed by atoms with van der Waals surface area (Å²) in [7, 11) is 1.70. The van der Waals surface area contributed by atoms with Gasteiger partial charge in [-0.2, -0.15) is 0 Å². The summed E-state index contributed by atoms with van der Waals surface area (Å²) >= 11 is 0. The zero-order valence-electron chi connectivity index (χ0n) is 19.1. The Morgan fingerprint density at radius 2 is 1.82 bits per heavy atom. The van der Waals surface area contributed by atoms with Crippen molar-refractivity contribution in [2.45, 2.75) is 18.9 Å². The lowest BCUT2D eigenvalue weighted by Gasteiger charge is -2.27. The van der Waals surface area contributed by atoms with Crippen LogP contribution in [-0.2, 0) is 17.7 Å². The number of hydrogen-bond donors (Lipinski definition) is 2. The molecule has 34 heavy (non-hydrogen) atoms. The van der Waals surface area contributed by atoms with E-state index >= 15 is 0 Å². The van der Waals surface area contributed by atoms with E-state index in [0.29, 0.717) is 24.5 Å². The average Bonchev–Trinajstić information content (AvgIpc) is 2.87. The maximum atomic E-state index is 14.6. The van der Waals surface area contributed by atoms with Crippen molar-refractivity contribution in [2.24, 2.45) is 0 Å². The summed E-state index contributed by atoms with van der Waals surface area (Å²) in [5.74, 6) is 0.304. The van der Waals surface area contributed by atoms with E-state index in [-0.39, 0.29) is 11.7 Å². The molecule has 0 aliphatic heterocycles. The van der Waals surface area contributed by atoms with Crippen LogP contribution in [0.4, 0.5) is 16.0 Å². The molecular formula is C28H27FN4O. The predicted molar refractivity (Wildman–Crippen MR) is 133 cm³/mol. The van der Waals surface area contributed by atoms with Crippen LogP contribution in [0.15, 0.2) is 79.0 Å². The Bertz CT molecular complexity index is 1290. The Hall–Kier alpha value is -3.61. The number of halogens is 1. The monoisotopic (exact) mass is 454 g/mol. The van der Waals surface area contributed by atoms with Crippen LogP contribution in [0, 0.1) is 5.82 Å². The van der Waals surface area contributed by atoms with Crippen molar-refractivity contribution in [1.82, 2.24) is 15.3 Å². The minimum Gasteiger partial charge on any atom is -0.383 e. The van der Waals surface area contributed by atoms with Crippen molar-refractivity contribution < 1.29 is 9.13 Å². The third-order valence-electron chi connectivity index (χ3n) is 6.16. The first-order valence-electron chi connectivity index (χ1n) is 11.5. The van der Waals surface area contributed by atoms with Gasteiger partial charge in [0.1, 0.15) is 5.82 Å². The standard InChI is InChI=1S/C28H27FN4O/c1-34-14-13-30-17-19-7-6-8-21(15-19)32-28-31-18-20-16-25(23-10-4-5-12-26(23)29)22-9-2-3-11-24(22)27(20)33-28/h2-12,15,18,25,30H,13-14,16-17H2,1H3,(H,31,32,33). The lowest BCUT2D eigenvalue weighted by Crippen LogP contribution is -2.18. The van der Waals surface area contributed by atoms with Gasteiger partial charge in [0.15, 0.2) is 0 Å². The Kier molecular flexibility index (Phi) is 6.60. The topological polar surface area (TPSA) is 59.1 Å². The number of anilines is 2. The predicted octanol–water partition coefficient (Wildman–Crippen LogP) is 5.45. The van der Waals surface area contributed by atoms with Crippen LogP contribution >= 0.6 is 0 Å². The molecular weight excluding hydrogens is 427 g/mol. The van der Waals surface area contributed by atoms with Crippen molar-refractivity contribution in [3.8, 4) is 11.3 Å². The molecule has 5 nitrogen and oxygen atoms in total. The van der Waals surface area contributed by atoms with Crippen molar-refractivity contribution in [2.75, 3.05) is 25.6 Å². The minimum absolute atomic E-state index is 0.0606. The van der Waals surface area contributed by atoms with Gasteiger partial charge in [0, 0.05) is 43.6 Å². The lowest BCUT2D eigenvalue weighted by atomic mass is 9.78. The first-order valence-corrected chi connectivity index (χ1v) is 11.5. The summed E-state index contributed by atoms with van der Waals surface area (Å²) in [6.45, 7) is 2.24. The van der Waals surface area contributed by atoms with Crippen molar-refractivity contribution in [1.29, 1.82) is 0 Å². The van der Waals surface area contributed by atoms with Gasteiger partial charge in [-0.25, -0.2) is 14.4 Å². The van der Waals surface area contributed by atoms with Crippen molar-refractivity contribution >= 4 is 11.6 Å². The maximum absolute atomic E-state index is 14.6. The van der Waals surface area contributed by atoms with Gasteiger partial charge < -0.3 is 15.4 Å². The van der Waals surface area contributed by atoms with Crippen LogP contribution in [-0.4, -0.2) is 30.2 Å². The molecule has 0 radical (unpaired) electrons. The molecule has 172 valence electrons. The lowest BCUT2D eigenvalue weighted by molar-refractivity contribution is 0.199. The van der Waals surface area contributed by atoms with E-state index in [2.05, 4.69) is 39.9 Å². The van der Waals surface area contributed by atoms with Gasteiger partial charge in [0.2, 0.25) is 5.95 Å². The van der Waals surface area contributed by atoms with Crippen molar-refractivity contribution in [3.63, 3.8) is 0 Å². The number of aromatic nitrogens is 2. The minimum atomic E-state index is -0.179. The molecule has 1 aliphatic rings. The van der Waals surface area contributed by atoms with E-state index in [9.17, 15) is 4.39 Å². The molecule has 0 amide bonds. The fourth-order valence-electron chi connectivity index (χ4n) is 4.53. The third kappa shape index (κ3) is 4.69. The summed E-state index contributed by atoms with van der Waals surface area (Å²) in [4.78, 5) is 9.45. The fourth-order valence-corrected chi connectivity index (χ4v) is 4.53. The summed E-state index contributed by atoms with van der Waals surface area (Å²) < 4.78 is 19.7. The van der Waals surface area contributed by atoms with Crippen LogP contribution in [0.2, 0.25) is 0 Å². The second-order valence-electron chi connectivity index (χ2n) is 8.43. The van der Waals surface area contributed by atoms with E-state index in [0.717, 1.165) is 46.7 Å². The quantitative estimate of drug-likeness (QED) is 0.347. The highest BCUT2D eigenvalue weighted by molar-refractivity contribution is 5.73. The number of fused-ring (bicyclic) bond motifs is 3. The Balaban J connectivity index is 1.41. The highest BCUT2D eigenvalue weighted by Gasteiger charge is 2.28. The second-order valence-corrected chi connectivity index (χ2v) is 8.43. The largest absolute Gasteiger partial charge is 0.383 e. The van der Waals surface area contributed by atoms with Gasteiger partial charge in [0.25, 0.3) is 0 Å². The van der Waals surface area contributed by atoms with Gasteiger partial charge in [-0.05, 0) is 46.9 Å². The zero-order chi connectivity index (χ0) is 23.3. The van der Waals surface area contributed by atoms with Gasteiger partial charge in [-0.1, -0.05) is 54.6 Å². The highest BCUT2D eigenvalue weighted by atomic mass is 19.1. The number of nitrogens with one attached hydrogen (secondary N) is 2. The molecule has 2 N–H and O–H groups in total. The molecule has 5 rings (SSSR count). The van der Waals surface area contributed by atoms with Gasteiger partial charge >= 0.3 is 0 Å². The van der Waals surface area contributed by atoms with Gasteiger partial charge in [-0.15, -0.1) is 0 Å². The Labute approximate surface area is 199 Å².